The Morgan fingerprint density at radius 3 is 2.90 bits per heavy atom. The molecule has 1 aliphatic carbocycles. The Hall–Kier alpha value is -1.80. The van der Waals surface area contributed by atoms with Gasteiger partial charge in [-0.05, 0) is 56.7 Å². The smallest absolute Gasteiger partial charge is 0.251 e. The summed E-state index contributed by atoms with van der Waals surface area (Å²) < 4.78 is 23.4. The molecule has 1 fully saturated rings. The van der Waals surface area contributed by atoms with E-state index in [0.717, 1.165) is 35.7 Å². The van der Waals surface area contributed by atoms with Crippen molar-refractivity contribution in [2.75, 3.05) is 23.4 Å². The standard InChI is InChI=1S/C21H27N3O3S2/c1-14-7-8-16(20(25)22-10-9-15-5-3-2-4-6-15)11-17(14)23-21-24-18-12-29(26,27)13-19(18)28-21/h5,7-8,11,18-19H,2-4,6,9-10,12-13H2,1H3,(H,22,25)(H,23,24)/t18-,19+/m1/s1. The molecule has 2 atom stereocenters. The van der Waals surface area contributed by atoms with E-state index < -0.39 is 9.84 Å². The Balaban J connectivity index is 1.36. The molecule has 156 valence electrons. The summed E-state index contributed by atoms with van der Waals surface area (Å²) in [7, 11) is -2.96. The Morgan fingerprint density at radius 2 is 2.14 bits per heavy atom. The molecular formula is C21H27N3O3S2. The molecule has 2 N–H and O–H groups in total. The normalized spacial score (nSPS) is 25.1. The lowest BCUT2D eigenvalue weighted by Crippen LogP contribution is -2.25. The van der Waals surface area contributed by atoms with Crippen molar-refractivity contribution in [3.8, 4) is 0 Å². The van der Waals surface area contributed by atoms with Crippen molar-refractivity contribution in [3.05, 3.63) is 41.0 Å². The summed E-state index contributed by atoms with van der Waals surface area (Å²) in [5.41, 5.74) is 3.91. The number of carbonyl (C=O) groups excluding carboxylic acids is 1. The zero-order valence-corrected chi connectivity index (χ0v) is 18.2. The lowest BCUT2D eigenvalue weighted by Gasteiger charge is -2.14. The molecule has 0 unspecified atom stereocenters. The van der Waals surface area contributed by atoms with Crippen LogP contribution in [0.2, 0.25) is 0 Å². The number of nitrogens with zero attached hydrogens (tertiary/aromatic N) is 1. The fourth-order valence-corrected chi connectivity index (χ4v) is 7.67. The van der Waals surface area contributed by atoms with Gasteiger partial charge in [0.15, 0.2) is 15.0 Å². The van der Waals surface area contributed by atoms with Crippen LogP contribution in [0.15, 0.2) is 34.8 Å². The van der Waals surface area contributed by atoms with E-state index in [1.165, 1.54) is 30.2 Å². The molecule has 8 heteroatoms. The van der Waals surface area contributed by atoms with E-state index in [9.17, 15) is 13.2 Å². The Bertz CT molecular complexity index is 969. The molecule has 0 spiro atoms. The van der Waals surface area contributed by atoms with Gasteiger partial charge in [0.1, 0.15) is 0 Å². The van der Waals surface area contributed by atoms with Crippen molar-refractivity contribution >= 4 is 38.4 Å². The molecule has 0 radical (unpaired) electrons. The van der Waals surface area contributed by atoms with E-state index in [0.29, 0.717) is 12.1 Å². The molecule has 1 aromatic rings. The van der Waals surface area contributed by atoms with Gasteiger partial charge in [0, 0.05) is 23.0 Å². The highest BCUT2D eigenvalue weighted by Crippen LogP contribution is 2.35. The number of amidine groups is 1. The topological polar surface area (TPSA) is 87.6 Å². The predicted octanol–water partition coefficient (Wildman–Crippen LogP) is 3.30. The number of carbonyl (C=O) groups is 1. The maximum Gasteiger partial charge on any atom is 0.251 e. The van der Waals surface area contributed by atoms with Gasteiger partial charge in [-0.1, -0.05) is 29.5 Å². The van der Waals surface area contributed by atoms with Crippen LogP contribution in [0.1, 0.15) is 48.0 Å². The number of rotatable bonds is 5. The maximum absolute atomic E-state index is 12.6. The second-order valence-electron chi connectivity index (χ2n) is 8.00. The molecule has 1 amide bonds. The zero-order chi connectivity index (χ0) is 20.4. The molecule has 6 nitrogen and oxygen atoms in total. The van der Waals surface area contributed by atoms with Crippen molar-refractivity contribution in [2.24, 2.45) is 4.99 Å². The lowest BCUT2D eigenvalue weighted by molar-refractivity contribution is 0.0954. The van der Waals surface area contributed by atoms with Crippen LogP contribution >= 0.6 is 11.8 Å². The minimum absolute atomic E-state index is 0.00313. The summed E-state index contributed by atoms with van der Waals surface area (Å²) in [6.07, 6.45) is 8.06. The van der Waals surface area contributed by atoms with Crippen molar-refractivity contribution in [1.82, 2.24) is 5.32 Å². The van der Waals surface area contributed by atoms with Gasteiger partial charge in [0.25, 0.3) is 5.91 Å². The SMILES string of the molecule is Cc1ccc(C(=O)NCCC2=CCCCC2)cc1NC1=N[C@@H]2CS(=O)(=O)C[C@@H]2S1. The van der Waals surface area contributed by atoms with Crippen LogP contribution in [-0.2, 0) is 9.84 Å². The van der Waals surface area contributed by atoms with E-state index in [1.807, 2.05) is 25.1 Å². The van der Waals surface area contributed by atoms with Crippen LogP contribution in [0.3, 0.4) is 0 Å². The number of benzene rings is 1. The van der Waals surface area contributed by atoms with Crippen LogP contribution in [-0.4, -0.2) is 48.8 Å². The second kappa shape index (κ2) is 8.52. The molecule has 0 saturated carbocycles. The van der Waals surface area contributed by atoms with Crippen LogP contribution in [0, 0.1) is 6.92 Å². The number of anilines is 1. The van der Waals surface area contributed by atoms with Gasteiger partial charge in [0.05, 0.1) is 17.5 Å². The third kappa shape index (κ3) is 5.04. The fraction of sp³-hybridized carbons (Fsp3) is 0.524. The maximum atomic E-state index is 12.6. The first-order valence-corrected chi connectivity index (χ1v) is 12.9. The number of hydrogen-bond acceptors (Lipinski definition) is 6. The highest BCUT2D eigenvalue weighted by atomic mass is 32.2. The van der Waals surface area contributed by atoms with E-state index >= 15 is 0 Å². The zero-order valence-electron chi connectivity index (χ0n) is 16.6. The van der Waals surface area contributed by atoms with Gasteiger partial charge >= 0.3 is 0 Å². The van der Waals surface area contributed by atoms with Crippen molar-refractivity contribution < 1.29 is 13.2 Å². The third-order valence-electron chi connectivity index (χ3n) is 5.68. The molecule has 1 aromatic carbocycles. The van der Waals surface area contributed by atoms with E-state index in [1.54, 1.807) is 0 Å². The molecular weight excluding hydrogens is 406 g/mol. The number of aliphatic imine (C=N–C) groups is 1. The summed E-state index contributed by atoms with van der Waals surface area (Å²) >= 11 is 1.48. The number of nitrogens with one attached hydrogen (secondary N) is 2. The second-order valence-corrected chi connectivity index (χ2v) is 11.4. The summed E-state index contributed by atoms with van der Waals surface area (Å²) in [4.78, 5) is 17.1. The molecule has 4 rings (SSSR count). The Morgan fingerprint density at radius 1 is 1.28 bits per heavy atom. The van der Waals surface area contributed by atoms with Crippen LogP contribution in [0.5, 0.6) is 0 Å². The van der Waals surface area contributed by atoms with Crippen LogP contribution in [0.25, 0.3) is 0 Å². The Labute approximate surface area is 176 Å². The molecule has 3 aliphatic rings. The van der Waals surface area contributed by atoms with Crippen LogP contribution in [0.4, 0.5) is 5.69 Å². The number of allylic oxidation sites excluding steroid dienone is 1. The average molecular weight is 434 g/mol. The van der Waals surface area contributed by atoms with Crippen molar-refractivity contribution in [1.29, 1.82) is 0 Å². The van der Waals surface area contributed by atoms with Gasteiger partial charge in [-0.2, -0.15) is 0 Å². The van der Waals surface area contributed by atoms with Gasteiger partial charge < -0.3 is 10.6 Å². The van der Waals surface area contributed by atoms with Gasteiger partial charge in [-0.15, -0.1) is 0 Å². The molecule has 2 heterocycles. The summed E-state index contributed by atoms with van der Waals surface area (Å²) in [5.74, 6) is 0.246. The number of sulfone groups is 1. The van der Waals surface area contributed by atoms with Gasteiger partial charge in [0.2, 0.25) is 0 Å². The minimum Gasteiger partial charge on any atom is -0.352 e. The van der Waals surface area contributed by atoms with E-state index in [-0.39, 0.29) is 28.7 Å². The summed E-state index contributed by atoms with van der Waals surface area (Å²) in [6.45, 7) is 2.63. The summed E-state index contributed by atoms with van der Waals surface area (Å²) in [6, 6.07) is 5.44. The van der Waals surface area contributed by atoms with Gasteiger partial charge in [-0.25, -0.2) is 8.42 Å². The largest absolute Gasteiger partial charge is 0.352 e. The van der Waals surface area contributed by atoms with E-state index in [4.69, 9.17) is 0 Å². The number of aryl methyl sites for hydroxylation is 1. The number of hydrogen-bond donors (Lipinski definition) is 2. The minimum atomic E-state index is -2.96. The average Bonchev–Trinajstić information content (AvgIpc) is 3.16. The van der Waals surface area contributed by atoms with Crippen molar-refractivity contribution in [2.45, 2.75) is 50.3 Å². The molecule has 0 aromatic heterocycles. The fourth-order valence-electron chi connectivity index (χ4n) is 4.00. The highest BCUT2D eigenvalue weighted by Gasteiger charge is 2.42. The van der Waals surface area contributed by atoms with Crippen LogP contribution < -0.4 is 10.6 Å². The number of thioether (sulfide) groups is 1. The third-order valence-corrected chi connectivity index (χ3v) is 8.82. The lowest BCUT2D eigenvalue weighted by atomic mass is 9.97. The monoisotopic (exact) mass is 433 g/mol. The number of fused-ring (bicyclic) bond motifs is 1. The van der Waals surface area contributed by atoms with Crippen molar-refractivity contribution in [3.63, 3.8) is 0 Å². The molecule has 0 bridgehead atoms. The first kappa shape index (κ1) is 20.5. The van der Waals surface area contributed by atoms with Gasteiger partial charge in [-0.3, -0.25) is 9.79 Å². The predicted molar refractivity (Wildman–Crippen MR) is 120 cm³/mol. The molecule has 1 saturated heterocycles. The Kier molecular flexibility index (Phi) is 6.01. The first-order chi connectivity index (χ1) is 13.9. The van der Waals surface area contributed by atoms with E-state index in [2.05, 4.69) is 21.7 Å². The quantitative estimate of drug-likeness (QED) is 0.696. The number of amides is 1. The first-order valence-electron chi connectivity index (χ1n) is 10.2. The highest BCUT2D eigenvalue weighted by molar-refractivity contribution is 8.15. The molecule has 29 heavy (non-hydrogen) atoms. The molecule has 2 aliphatic heterocycles. The summed E-state index contributed by atoms with van der Waals surface area (Å²) in [5, 5.41) is 7.05.